The fourth-order valence-electron chi connectivity index (χ4n) is 3.03. The number of rotatable bonds is 5. The Kier molecular flexibility index (Phi) is 4.84. The van der Waals surface area contributed by atoms with Crippen LogP contribution in [0.3, 0.4) is 0 Å². The maximum atomic E-state index is 12.5. The van der Waals surface area contributed by atoms with Gasteiger partial charge in [0.2, 0.25) is 5.91 Å². The highest BCUT2D eigenvalue weighted by molar-refractivity contribution is 6.04. The number of anilines is 2. The van der Waals surface area contributed by atoms with E-state index in [0.29, 0.717) is 16.9 Å². The first-order chi connectivity index (χ1) is 13.7. The van der Waals surface area contributed by atoms with Crippen LogP contribution in [0.5, 0.6) is 0 Å². The summed E-state index contributed by atoms with van der Waals surface area (Å²) in [6, 6.07) is 18.3. The minimum absolute atomic E-state index is 0.125. The third-order valence-electron chi connectivity index (χ3n) is 4.35. The van der Waals surface area contributed by atoms with E-state index in [1.807, 2.05) is 30.5 Å². The average molecular weight is 370 g/mol. The lowest BCUT2D eigenvalue weighted by atomic mass is 10.1. The van der Waals surface area contributed by atoms with E-state index in [1.165, 1.54) is 6.20 Å². The third-order valence-corrected chi connectivity index (χ3v) is 4.35. The van der Waals surface area contributed by atoms with Gasteiger partial charge >= 0.3 is 0 Å². The number of aromatic amines is 1. The molecule has 0 aliphatic carbocycles. The molecule has 28 heavy (non-hydrogen) atoms. The zero-order valence-corrected chi connectivity index (χ0v) is 15.0. The summed E-state index contributed by atoms with van der Waals surface area (Å²) >= 11 is 0. The number of hydrogen-bond donors (Lipinski definition) is 3. The largest absolute Gasteiger partial charge is 0.361 e. The normalized spacial score (nSPS) is 10.6. The molecule has 0 bridgehead atoms. The van der Waals surface area contributed by atoms with Gasteiger partial charge < -0.3 is 15.6 Å². The van der Waals surface area contributed by atoms with Crippen LogP contribution in [0.2, 0.25) is 0 Å². The second-order valence-corrected chi connectivity index (χ2v) is 6.36. The summed E-state index contributed by atoms with van der Waals surface area (Å²) in [6.45, 7) is 0. The molecule has 0 aliphatic heterocycles. The highest BCUT2D eigenvalue weighted by Gasteiger charge is 2.10. The van der Waals surface area contributed by atoms with Crippen LogP contribution in [0.15, 0.2) is 79.3 Å². The molecule has 2 heterocycles. The molecule has 2 aromatic carbocycles. The maximum absolute atomic E-state index is 12.5. The molecule has 138 valence electrons. The molecule has 0 unspecified atom stereocenters. The number of H-pyrrole nitrogens is 1. The van der Waals surface area contributed by atoms with Crippen LogP contribution in [0.4, 0.5) is 11.4 Å². The minimum atomic E-state index is -0.254. The predicted molar refractivity (Wildman–Crippen MR) is 109 cm³/mol. The second-order valence-electron chi connectivity index (χ2n) is 6.36. The Balaban J connectivity index is 1.43. The molecule has 0 radical (unpaired) electrons. The summed E-state index contributed by atoms with van der Waals surface area (Å²) in [5.41, 5.74) is 3.63. The van der Waals surface area contributed by atoms with E-state index >= 15 is 0 Å². The molecule has 0 saturated heterocycles. The Bertz CT molecular complexity index is 1140. The summed E-state index contributed by atoms with van der Waals surface area (Å²) < 4.78 is 0. The van der Waals surface area contributed by atoms with Crippen LogP contribution >= 0.6 is 0 Å². The van der Waals surface area contributed by atoms with Crippen LogP contribution in [0.25, 0.3) is 10.9 Å². The molecule has 6 heteroatoms. The van der Waals surface area contributed by atoms with Crippen molar-refractivity contribution in [2.24, 2.45) is 0 Å². The van der Waals surface area contributed by atoms with Crippen LogP contribution < -0.4 is 10.6 Å². The molecule has 0 fully saturated rings. The Morgan fingerprint density at radius 3 is 2.57 bits per heavy atom. The van der Waals surface area contributed by atoms with Crippen LogP contribution in [-0.4, -0.2) is 21.8 Å². The maximum Gasteiger partial charge on any atom is 0.257 e. The number of aromatic nitrogens is 2. The first-order valence-corrected chi connectivity index (χ1v) is 8.85. The molecule has 3 N–H and O–H groups in total. The zero-order valence-electron chi connectivity index (χ0n) is 15.0. The molecular weight excluding hydrogens is 352 g/mol. The number of pyridine rings is 1. The quantitative estimate of drug-likeness (QED) is 0.496. The molecule has 6 nitrogen and oxygen atoms in total. The number of amides is 2. The summed E-state index contributed by atoms with van der Waals surface area (Å²) in [5, 5.41) is 6.73. The van der Waals surface area contributed by atoms with Crippen molar-refractivity contribution in [2.45, 2.75) is 6.42 Å². The molecule has 0 saturated carbocycles. The molecule has 2 amide bonds. The van der Waals surface area contributed by atoms with E-state index in [4.69, 9.17) is 0 Å². The van der Waals surface area contributed by atoms with E-state index in [2.05, 4.69) is 20.6 Å². The highest BCUT2D eigenvalue weighted by Crippen LogP contribution is 2.20. The predicted octanol–water partition coefficient (Wildman–Crippen LogP) is 4.00. The van der Waals surface area contributed by atoms with Crippen molar-refractivity contribution in [1.29, 1.82) is 0 Å². The second kappa shape index (κ2) is 7.75. The lowest BCUT2D eigenvalue weighted by molar-refractivity contribution is -0.115. The van der Waals surface area contributed by atoms with Gasteiger partial charge in [0.25, 0.3) is 5.91 Å². The molecule has 4 rings (SSSR count). The average Bonchev–Trinajstić information content (AvgIpc) is 3.12. The van der Waals surface area contributed by atoms with Crippen molar-refractivity contribution >= 4 is 34.1 Å². The molecule has 4 aromatic rings. The Morgan fingerprint density at radius 1 is 0.929 bits per heavy atom. The van der Waals surface area contributed by atoms with Gasteiger partial charge in [-0.15, -0.1) is 0 Å². The number of benzene rings is 2. The fraction of sp³-hybridized carbons (Fsp3) is 0.0455. The SMILES string of the molecule is O=C(Cc1c[nH]c2ccccc12)Nc1cccc(NC(=O)c2cccnc2)c1. The zero-order chi connectivity index (χ0) is 19.3. The Hall–Kier alpha value is -3.93. The number of carbonyl (C=O) groups is 2. The molecule has 0 spiro atoms. The van der Waals surface area contributed by atoms with Gasteiger partial charge in [0.05, 0.1) is 12.0 Å². The van der Waals surface area contributed by atoms with Crippen molar-refractivity contribution in [3.8, 4) is 0 Å². The molecule has 2 aromatic heterocycles. The van der Waals surface area contributed by atoms with Gasteiger partial charge in [0.15, 0.2) is 0 Å². The number of hydrogen-bond acceptors (Lipinski definition) is 3. The smallest absolute Gasteiger partial charge is 0.257 e. The number of para-hydroxylation sites is 1. The van der Waals surface area contributed by atoms with Gasteiger partial charge in [0, 0.05) is 40.9 Å². The Labute approximate surface area is 161 Å². The first kappa shape index (κ1) is 17.5. The number of carbonyl (C=O) groups excluding carboxylic acids is 2. The summed E-state index contributed by atoms with van der Waals surface area (Å²) in [7, 11) is 0. The monoisotopic (exact) mass is 370 g/mol. The van der Waals surface area contributed by atoms with Crippen LogP contribution in [-0.2, 0) is 11.2 Å². The van der Waals surface area contributed by atoms with Crippen molar-refractivity contribution in [3.05, 3.63) is 90.4 Å². The highest BCUT2D eigenvalue weighted by atomic mass is 16.2. The van der Waals surface area contributed by atoms with E-state index in [1.54, 1.807) is 42.6 Å². The first-order valence-electron chi connectivity index (χ1n) is 8.85. The number of nitrogens with zero attached hydrogens (tertiary/aromatic N) is 1. The fourth-order valence-corrected chi connectivity index (χ4v) is 3.03. The van der Waals surface area contributed by atoms with Gasteiger partial charge in [-0.3, -0.25) is 14.6 Å². The van der Waals surface area contributed by atoms with Crippen LogP contribution in [0.1, 0.15) is 15.9 Å². The summed E-state index contributed by atoms with van der Waals surface area (Å²) in [4.78, 5) is 31.8. The minimum Gasteiger partial charge on any atom is -0.361 e. The number of nitrogens with one attached hydrogen (secondary N) is 3. The van der Waals surface area contributed by atoms with E-state index in [0.717, 1.165) is 16.5 Å². The third kappa shape index (κ3) is 3.91. The topological polar surface area (TPSA) is 86.9 Å². The summed E-state index contributed by atoms with van der Waals surface area (Å²) in [6.07, 6.45) is 5.23. The van der Waals surface area contributed by atoms with Crippen molar-refractivity contribution in [3.63, 3.8) is 0 Å². The van der Waals surface area contributed by atoms with Crippen molar-refractivity contribution < 1.29 is 9.59 Å². The van der Waals surface area contributed by atoms with E-state index in [-0.39, 0.29) is 18.2 Å². The van der Waals surface area contributed by atoms with E-state index < -0.39 is 0 Å². The molecule has 0 aliphatic rings. The standard InChI is InChI=1S/C22H18N4O2/c27-21(11-16-14-24-20-9-2-1-8-19(16)20)25-17-6-3-7-18(12-17)26-22(28)15-5-4-10-23-13-15/h1-10,12-14,24H,11H2,(H,25,27)(H,26,28). The van der Waals surface area contributed by atoms with Gasteiger partial charge in [-0.05, 0) is 42.0 Å². The van der Waals surface area contributed by atoms with Crippen LogP contribution in [0, 0.1) is 0 Å². The summed E-state index contributed by atoms with van der Waals surface area (Å²) in [5.74, 6) is -0.379. The van der Waals surface area contributed by atoms with Gasteiger partial charge in [-0.1, -0.05) is 24.3 Å². The Morgan fingerprint density at radius 2 is 1.75 bits per heavy atom. The van der Waals surface area contributed by atoms with Crippen molar-refractivity contribution in [1.82, 2.24) is 9.97 Å². The lowest BCUT2D eigenvalue weighted by Gasteiger charge is -2.09. The van der Waals surface area contributed by atoms with Crippen molar-refractivity contribution in [2.75, 3.05) is 10.6 Å². The van der Waals surface area contributed by atoms with E-state index in [9.17, 15) is 9.59 Å². The van der Waals surface area contributed by atoms with Gasteiger partial charge in [-0.25, -0.2) is 0 Å². The lowest BCUT2D eigenvalue weighted by Crippen LogP contribution is -2.15. The van der Waals surface area contributed by atoms with Gasteiger partial charge in [-0.2, -0.15) is 0 Å². The number of fused-ring (bicyclic) bond motifs is 1. The molecular formula is C22H18N4O2. The van der Waals surface area contributed by atoms with Gasteiger partial charge in [0.1, 0.15) is 0 Å². The molecule has 0 atom stereocenters.